The Labute approximate surface area is 140 Å². The summed E-state index contributed by atoms with van der Waals surface area (Å²) in [4.78, 5) is 14.4. The number of alkyl halides is 3. The number of likely N-dealkylation sites (tertiary alicyclic amines) is 1. The highest BCUT2D eigenvalue weighted by atomic mass is 19.4. The molecule has 0 aromatic heterocycles. The van der Waals surface area contributed by atoms with Gasteiger partial charge in [-0.3, -0.25) is 4.79 Å². The predicted molar refractivity (Wildman–Crippen MR) is 87.2 cm³/mol. The Hall–Kier alpha value is -1.78. The Kier molecular flexibility index (Phi) is 4.97. The molecule has 24 heavy (non-hydrogen) atoms. The number of hydrogen-bond acceptors (Lipinski definition) is 1. The maximum atomic E-state index is 12.5. The molecular weight excluding hydrogens is 315 g/mol. The maximum absolute atomic E-state index is 12.5. The number of carbonyl (C=O) groups excluding carboxylic acids is 1. The van der Waals surface area contributed by atoms with E-state index in [1.54, 1.807) is 0 Å². The summed E-state index contributed by atoms with van der Waals surface area (Å²) < 4.78 is 37.6. The number of halogens is 3. The lowest BCUT2D eigenvalue weighted by molar-refractivity contribution is -0.137. The SMILES string of the molecule is O=C(C1CC1)N1CCCCC1C/C=C/c1ccc(C(F)(F)F)cc1. The van der Waals surface area contributed by atoms with E-state index in [4.69, 9.17) is 0 Å². The predicted octanol–water partition coefficient (Wildman–Crippen LogP) is 4.90. The number of hydrogen-bond donors (Lipinski definition) is 0. The monoisotopic (exact) mass is 337 g/mol. The molecule has 1 heterocycles. The van der Waals surface area contributed by atoms with Crippen molar-refractivity contribution in [3.8, 4) is 0 Å². The van der Waals surface area contributed by atoms with Crippen LogP contribution >= 0.6 is 0 Å². The first-order chi connectivity index (χ1) is 11.4. The molecule has 1 saturated carbocycles. The van der Waals surface area contributed by atoms with Crippen molar-refractivity contribution >= 4 is 12.0 Å². The van der Waals surface area contributed by atoms with Crippen LogP contribution in [-0.4, -0.2) is 23.4 Å². The van der Waals surface area contributed by atoms with E-state index in [1.165, 1.54) is 12.1 Å². The second kappa shape index (κ2) is 6.99. The van der Waals surface area contributed by atoms with Gasteiger partial charge < -0.3 is 4.90 Å². The van der Waals surface area contributed by atoms with Gasteiger partial charge in [-0.05, 0) is 56.2 Å². The molecule has 3 rings (SSSR count). The number of carbonyl (C=O) groups is 1. The van der Waals surface area contributed by atoms with E-state index in [9.17, 15) is 18.0 Å². The van der Waals surface area contributed by atoms with Crippen LogP contribution in [0.4, 0.5) is 13.2 Å². The number of rotatable bonds is 4. The second-order valence-corrected chi connectivity index (χ2v) is 6.71. The van der Waals surface area contributed by atoms with Gasteiger partial charge in [0.25, 0.3) is 0 Å². The van der Waals surface area contributed by atoms with Crippen LogP contribution in [0.1, 0.15) is 49.7 Å². The first-order valence-electron chi connectivity index (χ1n) is 8.59. The molecule has 130 valence electrons. The summed E-state index contributed by atoms with van der Waals surface area (Å²) in [5.74, 6) is 0.534. The van der Waals surface area contributed by atoms with Crippen LogP contribution in [0.2, 0.25) is 0 Å². The zero-order valence-electron chi connectivity index (χ0n) is 13.6. The van der Waals surface area contributed by atoms with Crippen molar-refractivity contribution in [2.75, 3.05) is 6.54 Å². The maximum Gasteiger partial charge on any atom is 0.416 e. The smallest absolute Gasteiger partial charge is 0.339 e. The molecule has 0 N–H and O–H groups in total. The summed E-state index contributed by atoms with van der Waals surface area (Å²) in [5.41, 5.74) is 0.118. The van der Waals surface area contributed by atoms with Crippen molar-refractivity contribution in [1.29, 1.82) is 0 Å². The zero-order valence-corrected chi connectivity index (χ0v) is 13.6. The molecular formula is C19H22F3NO. The highest BCUT2D eigenvalue weighted by molar-refractivity contribution is 5.81. The molecule has 2 nitrogen and oxygen atoms in total. The number of piperidine rings is 1. The van der Waals surface area contributed by atoms with Crippen LogP contribution < -0.4 is 0 Å². The molecule has 1 aromatic rings. The van der Waals surface area contributed by atoms with Gasteiger partial charge in [-0.15, -0.1) is 0 Å². The minimum absolute atomic E-state index is 0.234. The van der Waals surface area contributed by atoms with Gasteiger partial charge in [0.2, 0.25) is 5.91 Å². The number of nitrogens with zero attached hydrogens (tertiary/aromatic N) is 1. The molecule has 1 atom stereocenters. The summed E-state index contributed by atoms with van der Waals surface area (Å²) in [5, 5.41) is 0. The second-order valence-electron chi connectivity index (χ2n) is 6.71. The first kappa shape index (κ1) is 17.1. The van der Waals surface area contributed by atoms with Crippen LogP contribution in [0.3, 0.4) is 0 Å². The highest BCUT2D eigenvalue weighted by Crippen LogP contribution is 2.34. The average Bonchev–Trinajstić information content (AvgIpc) is 3.39. The average molecular weight is 337 g/mol. The zero-order chi connectivity index (χ0) is 17.2. The molecule has 1 aromatic carbocycles. The molecule has 1 saturated heterocycles. The molecule has 1 aliphatic heterocycles. The van der Waals surface area contributed by atoms with Gasteiger partial charge in [0.15, 0.2) is 0 Å². The third kappa shape index (κ3) is 4.19. The molecule has 1 amide bonds. The van der Waals surface area contributed by atoms with Gasteiger partial charge in [0.05, 0.1) is 5.56 Å². The summed E-state index contributed by atoms with van der Waals surface area (Å²) >= 11 is 0. The molecule has 1 unspecified atom stereocenters. The Morgan fingerprint density at radius 2 is 1.83 bits per heavy atom. The molecule has 1 aliphatic carbocycles. The van der Waals surface area contributed by atoms with E-state index in [-0.39, 0.29) is 12.0 Å². The van der Waals surface area contributed by atoms with Crippen molar-refractivity contribution in [3.05, 3.63) is 41.5 Å². The van der Waals surface area contributed by atoms with Gasteiger partial charge in [0.1, 0.15) is 0 Å². The molecule has 0 bridgehead atoms. The molecule has 2 fully saturated rings. The summed E-state index contributed by atoms with van der Waals surface area (Å²) in [6, 6.07) is 5.39. The Balaban J connectivity index is 1.59. The lowest BCUT2D eigenvalue weighted by Gasteiger charge is -2.35. The third-order valence-corrected chi connectivity index (χ3v) is 4.79. The number of amides is 1. The van der Waals surface area contributed by atoms with Crippen LogP contribution in [0, 0.1) is 5.92 Å². The normalized spacial score (nSPS) is 22.1. The van der Waals surface area contributed by atoms with E-state index >= 15 is 0 Å². The van der Waals surface area contributed by atoms with Crippen molar-refractivity contribution in [2.45, 2.75) is 50.7 Å². The van der Waals surface area contributed by atoms with Crippen LogP contribution in [0.5, 0.6) is 0 Å². The fourth-order valence-electron chi connectivity index (χ4n) is 3.24. The highest BCUT2D eigenvalue weighted by Gasteiger charge is 2.36. The molecule has 0 spiro atoms. The standard InChI is InChI=1S/C19H22F3NO/c20-19(21,22)16-11-7-14(8-12-16)4-3-6-17-5-1-2-13-23(17)18(24)15-9-10-15/h3-4,7-8,11-12,15,17H,1-2,5-6,9-10,13H2/b4-3+. The Morgan fingerprint density at radius 3 is 2.46 bits per heavy atom. The third-order valence-electron chi connectivity index (χ3n) is 4.79. The minimum Gasteiger partial charge on any atom is -0.339 e. The summed E-state index contributed by atoms with van der Waals surface area (Å²) in [6.45, 7) is 0.841. The first-order valence-corrected chi connectivity index (χ1v) is 8.59. The summed E-state index contributed by atoms with van der Waals surface area (Å²) in [6.07, 6.45) is 5.53. The Morgan fingerprint density at radius 1 is 1.12 bits per heavy atom. The molecule has 2 aliphatic rings. The fourth-order valence-corrected chi connectivity index (χ4v) is 3.24. The van der Waals surface area contributed by atoms with E-state index in [2.05, 4.69) is 0 Å². The van der Waals surface area contributed by atoms with Crippen LogP contribution in [0.25, 0.3) is 6.08 Å². The quantitative estimate of drug-likeness (QED) is 0.765. The van der Waals surface area contributed by atoms with E-state index in [1.807, 2.05) is 17.1 Å². The van der Waals surface area contributed by atoms with Crippen LogP contribution in [-0.2, 0) is 11.0 Å². The lowest BCUT2D eigenvalue weighted by atomic mass is 9.98. The minimum atomic E-state index is -4.30. The van der Waals surface area contributed by atoms with Crippen molar-refractivity contribution in [3.63, 3.8) is 0 Å². The fraction of sp³-hybridized carbons (Fsp3) is 0.526. The lowest BCUT2D eigenvalue weighted by Crippen LogP contribution is -2.44. The van der Waals surface area contributed by atoms with Gasteiger partial charge in [-0.2, -0.15) is 13.2 Å². The molecule has 5 heteroatoms. The van der Waals surface area contributed by atoms with E-state index in [0.29, 0.717) is 5.91 Å². The van der Waals surface area contributed by atoms with Crippen molar-refractivity contribution in [2.24, 2.45) is 5.92 Å². The number of benzene rings is 1. The van der Waals surface area contributed by atoms with E-state index in [0.717, 1.165) is 62.8 Å². The van der Waals surface area contributed by atoms with Gasteiger partial charge in [-0.25, -0.2) is 0 Å². The molecule has 0 radical (unpaired) electrons. The Bertz CT molecular complexity index is 602. The van der Waals surface area contributed by atoms with E-state index < -0.39 is 11.7 Å². The van der Waals surface area contributed by atoms with Crippen molar-refractivity contribution in [1.82, 2.24) is 4.90 Å². The van der Waals surface area contributed by atoms with Crippen molar-refractivity contribution < 1.29 is 18.0 Å². The largest absolute Gasteiger partial charge is 0.416 e. The van der Waals surface area contributed by atoms with Gasteiger partial charge in [-0.1, -0.05) is 24.3 Å². The van der Waals surface area contributed by atoms with Gasteiger partial charge >= 0.3 is 6.18 Å². The van der Waals surface area contributed by atoms with Crippen LogP contribution in [0.15, 0.2) is 30.3 Å². The topological polar surface area (TPSA) is 20.3 Å². The van der Waals surface area contributed by atoms with Gasteiger partial charge in [0, 0.05) is 18.5 Å². The summed E-state index contributed by atoms with van der Waals surface area (Å²) in [7, 11) is 0.